The van der Waals surface area contributed by atoms with Gasteiger partial charge in [-0.3, -0.25) is 4.79 Å². The summed E-state index contributed by atoms with van der Waals surface area (Å²) in [6.45, 7) is 3.18. The van der Waals surface area contributed by atoms with Gasteiger partial charge >= 0.3 is 0 Å². The van der Waals surface area contributed by atoms with Gasteiger partial charge in [0.1, 0.15) is 12.2 Å². The van der Waals surface area contributed by atoms with Gasteiger partial charge in [0.05, 0.1) is 11.5 Å². The van der Waals surface area contributed by atoms with Gasteiger partial charge in [0.15, 0.2) is 5.78 Å². The lowest BCUT2D eigenvalue weighted by atomic mass is 9.76. The van der Waals surface area contributed by atoms with Gasteiger partial charge in [-0.1, -0.05) is 32.1 Å². The summed E-state index contributed by atoms with van der Waals surface area (Å²) in [5.41, 5.74) is -1.02. The van der Waals surface area contributed by atoms with Crippen molar-refractivity contribution in [1.82, 2.24) is 0 Å². The van der Waals surface area contributed by atoms with Crippen LogP contribution in [0.1, 0.15) is 52.4 Å². The van der Waals surface area contributed by atoms with Gasteiger partial charge in [-0.05, 0) is 26.2 Å². The number of carbonyl (C=O) groups is 2. The predicted octanol–water partition coefficient (Wildman–Crippen LogP) is 2.89. The van der Waals surface area contributed by atoms with Crippen molar-refractivity contribution in [2.75, 3.05) is 0 Å². The molecule has 1 atom stereocenters. The van der Waals surface area contributed by atoms with E-state index in [0.717, 1.165) is 12.8 Å². The maximum atomic E-state index is 12.0. The van der Waals surface area contributed by atoms with E-state index in [1.165, 1.54) is 19.3 Å². The molecule has 1 rings (SSSR count). The minimum atomic E-state index is -1.02. The molecule has 0 aromatic rings. The molecule has 0 bridgehead atoms. The van der Waals surface area contributed by atoms with Gasteiger partial charge in [0.25, 0.3) is 0 Å². The van der Waals surface area contributed by atoms with Crippen LogP contribution < -0.4 is 0 Å². The van der Waals surface area contributed by atoms with Crippen molar-refractivity contribution in [2.45, 2.75) is 52.4 Å². The summed E-state index contributed by atoms with van der Waals surface area (Å²) in [7, 11) is 0. The molecule has 0 N–H and O–H groups in total. The van der Waals surface area contributed by atoms with E-state index < -0.39 is 11.3 Å². The number of aldehydes is 1. The van der Waals surface area contributed by atoms with Crippen molar-refractivity contribution in [3.05, 3.63) is 0 Å². The molecule has 0 saturated heterocycles. The predicted molar refractivity (Wildman–Crippen MR) is 65.1 cm³/mol. The SMILES string of the molecule is CC(C)(C=O)C(=O)C(C#N)CC1CCCCC1. The summed E-state index contributed by atoms with van der Waals surface area (Å²) in [6, 6.07) is 2.08. The molecule has 0 heterocycles. The van der Waals surface area contributed by atoms with E-state index in [2.05, 4.69) is 6.07 Å². The average molecular weight is 235 g/mol. The molecule has 3 nitrogen and oxygen atoms in total. The van der Waals surface area contributed by atoms with E-state index in [1.807, 2.05) is 0 Å². The molecular formula is C14H21NO2. The zero-order valence-corrected chi connectivity index (χ0v) is 10.7. The molecule has 1 aliphatic rings. The van der Waals surface area contributed by atoms with E-state index in [-0.39, 0.29) is 5.78 Å². The summed E-state index contributed by atoms with van der Waals surface area (Å²) in [4.78, 5) is 22.9. The molecule has 0 aliphatic heterocycles. The standard InChI is InChI=1S/C14H21NO2/c1-14(2,10-16)13(17)12(9-15)8-11-6-4-3-5-7-11/h10-12H,3-8H2,1-2H3. The Morgan fingerprint density at radius 1 is 1.41 bits per heavy atom. The van der Waals surface area contributed by atoms with Crippen molar-refractivity contribution < 1.29 is 9.59 Å². The maximum absolute atomic E-state index is 12.0. The second-order valence-electron chi connectivity index (χ2n) is 5.63. The second-order valence-corrected chi connectivity index (χ2v) is 5.63. The zero-order chi connectivity index (χ0) is 12.9. The number of ketones is 1. The van der Waals surface area contributed by atoms with Crippen molar-refractivity contribution in [1.29, 1.82) is 5.26 Å². The Morgan fingerprint density at radius 2 is 2.00 bits per heavy atom. The third kappa shape index (κ3) is 3.66. The van der Waals surface area contributed by atoms with Gasteiger partial charge < -0.3 is 4.79 Å². The molecule has 94 valence electrons. The van der Waals surface area contributed by atoms with Gasteiger partial charge in [0, 0.05) is 0 Å². The lowest BCUT2D eigenvalue weighted by molar-refractivity contribution is -0.134. The molecule has 1 saturated carbocycles. The molecule has 0 aromatic carbocycles. The number of rotatable bonds is 5. The van der Waals surface area contributed by atoms with Crippen LogP contribution in [-0.2, 0) is 9.59 Å². The van der Waals surface area contributed by atoms with E-state index >= 15 is 0 Å². The van der Waals surface area contributed by atoms with Crippen molar-refractivity contribution in [2.24, 2.45) is 17.3 Å². The Hall–Kier alpha value is -1.17. The third-order valence-corrected chi connectivity index (χ3v) is 3.70. The molecule has 1 fully saturated rings. The van der Waals surface area contributed by atoms with E-state index in [1.54, 1.807) is 13.8 Å². The first-order valence-corrected chi connectivity index (χ1v) is 6.41. The number of nitrogens with zero attached hydrogens (tertiary/aromatic N) is 1. The number of carbonyl (C=O) groups excluding carboxylic acids is 2. The first-order chi connectivity index (χ1) is 8.01. The normalized spacial score (nSPS) is 19.4. The van der Waals surface area contributed by atoms with Crippen LogP contribution in [0.25, 0.3) is 0 Å². The Balaban J connectivity index is 2.62. The Kier molecular flexibility index (Phi) is 4.86. The topological polar surface area (TPSA) is 57.9 Å². The molecule has 1 unspecified atom stereocenters. The summed E-state index contributed by atoms with van der Waals surface area (Å²) in [6.07, 6.45) is 7.19. The van der Waals surface area contributed by atoms with Crippen LogP contribution in [0.5, 0.6) is 0 Å². The summed E-state index contributed by atoms with van der Waals surface area (Å²) < 4.78 is 0. The van der Waals surface area contributed by atoms with E-state index in [0.29, 0.717) is 18.6 Å². The Morgan fingerprint density at radius 3 is 2.47 bits per heavy atom. The van der Waals surface area contributed by atoms with Crippen molar-refractivity contribution in [3.63, 3.8) is 0 Å². The molecule has 17 heavy (non-hydrogen) atoms. The third-order valence-electron chi connectivity index (χ3n) is 3.70. The highest BCUT2D eigenvalue weighted by atomic mass is 16.1. The van der Waals surface area contributed by atoms with Gasteiger partial charge in [-0.15, -0.1) is 0 Å². The number of Topliss-reactive ketones (excluding diaryl/α,β-unsaturated/α-hetero) is 1. The largest absolute Gasteiger partial charge is 0.302 e. The molecule has 0 amide bonds. The van der Waals surface area contributed by atoms with Crippen molar-refractivity contribution in [3.8, 4) is 6.07 Å². The van der Waals surface area contributed by atoms with Crippen LogP contribution in [0.3, 0.4) is 0 Å². The van der Waals surface area contributed by atoms with Gasteiger partial charge in [0.2, 0.25) is 0 Å². The highest BCUT2D eigenvalue weighted by molar-refractivity contribution is 5.99. The lowest BCUT2D eigenvalue weighted by Crippen LogP contribution is -2.33. The molecule has 0 aromatic heterocycles. The Bertz CT molecular complexity index is 322. The fourth-order valence-electron chi connectivity index (χ4n) is 2.48. The zero-order valence-electron chi connectivity index (χ0n) is 10.7. The van der Waals surface area contributed by atoms with E-state index in [9.17, 15) is 9.59 Å². The van der Waals surface area contributed by atoms with Gasteiger partial charge in [-0.2, -0.15) is 5.26 Å². The lowest BCUT2D eigenvalue weighted by Gasteiger charge is -2.25. The van der Waals surface area contributed by atoms with Crippen LogP contribution in [0, 0.1) is 28.6 Å². The molecular weight excluding hydrogens is 214 g/mol. The second kappa shape index (κ2) is 5.95. The first-order valence-electron chi connectivity index (χ1n) is 6.41. The van der Waals surface area contributed by atoms with Crippen LogP contribution in [0.15, 0.2) is 0 Å². The molecule has 0 spiro atoms. The fourth-order valence-corrected chi connectivity index (χ4v) is 2.48. The minimum Gasteiger partial charge on any atom is -0.302 e. The van der Waals surface area contributed by atoms with Gasteiger partial charge in [-0.25, -0.2) is 0 Å². The number of hydrogen-bond donors (Lipinski definition) is 0. The van der Waals surface area contributed by atoms with E-state index in [4.69, 9.17) is 5.26 Å². The minimum absolute atomic E-state index is 0.222. The maximum Gasteiger partial charge on any atom is 0.162 e. The molecule has 3 heteroatoms. The number of hydrogen-bond acceptors (Lipinski definition) is 3. The van der Waals surface area contributed by atoms with Crippen molar-refractivity contribution >= 4 is 12.1 Å². The molecule has 1 aliphatic carbocycles. The fraction of sp³-hybridized carbons (Fsp3) is 0.786. The summed E-state index contributed by atoms with van der Waals surface area (Å²) in [5.74, 6) is -0.348. The summed E-state index contributed by atoms with van der Waals surface area (Å²) >= 11 is 0. The smallest absolute Gasteiger partial charge is 0.162 e. The quantitative estimate of drug-likeness (QED) is 0.544. The Labute approximate surface area is 103 Å². The average Bonchev–Trinajstić information content (AvgIpc) is 2.36. The highest BCUT2D eigenvalue weighted by Crippen LogP contribution is 2.31. The van der Waals surface area contributed by atoms with Crippen LogP contribution in [-0.4, -0.2) is 12.1 Å². The monoisotopic (exact) mass is 235 g/mol. The van der Waals surface area contributed by atoms with Crippen LogP contribution >= 0.6 is 0 Å². The van der Waals surface area contributed by atoms with Crippen LogP contribution in [0.4, 0.5) is 0 Å². The van der Waals surface area contributed by atoms with Crippen LogP contribution in [0.2, 0.25) is 0 Å². The number of nitriles is 1. The first kappa shape index (κ1) is 13.9. The molecule has 0 radical (unpaired) electrons. The summed E-state index contributed by atoms with van der Waals surface area (Å²) in [5, 5.41) is 9.10. The highest BCUT2D eigenvalue weighted by Gasteiger charge is 2.34.